The van der Waals surface area contributed by atoms with E-state index < -0.39 is 27.3 Å². The maximum atomic E-state index is 13.1. The van der Waals surface area contributed by atoms with E-state index in [2.05, 4.69) is 16.7 Å². The van der Waals surface area contributed by atoms with Gasteiger partial charge in [-0.05, 0) is 67.1 Å². The number of halogens is 3. The molecule has 0 saturated carbocycles. The van der Waals surface area contributed by atoms with Gasteiger partial charge in [0.05, 0.1) is 46.2 Å². The fourth-order valence-corrected chi connectivity index (χ4v) is 6.18. The highest BCUT2D eigenvalue weighted by Crippen LogP contribution is 2.38. The minimum Gasteiger partial charge on any atom is -0.394 e. The summed E-state index contributed by atoms with van der Waals surface area (Å²) in [5.41, 5.74) is -0.0878. The number of carbonyl (C=O) groups excluding carboxylic acids is 2. The number of sulfonamides is 1. The van der Waals surface area contributed by atoms with Crippen LogP contribution in [-0.4, -0.2) is 73.8 Å². The third-order valence-electron chi connectivity index (χ3n) is 7.92. The van der Waals surface area contributed by atoms with Gasteiger partial charge in [-0.15, -0.1) is 0 Å². The van der Waals surface area contributed by atoms with Crippen molar-refractivity contribution in [3.8, 4) is 6.07 Å². The number of nitrogens with zero attached hydrogens (tertiary/aromatic N) is 5. The average molecular weight is 658 g/mol. The van der Waals surface area contributed by atoms with Crippen molar-refractivity contribution in [3.63, 3.8) is 0 Å². The standard InChI is InChI=1S/C31H34F3N7O4S/c1-36-17-12-27-26(21-42)29(37-24-8-10-25(11-9-24)46(44,45)39(2)3)38-41(27)30(13-16-35)14-18-40(19-15-30)28(43)20-22-4-6-23(7-5-22)31(32,33)34/h4-12,17,21,36H,13-15,18-20H2,1-3H3,(H,37,38)/b17-12-. The Kier molecular flexibility index (Phi) is 10.2. The molecule has 1 aliphatic heterocycles. The monoisotopic (exact) mass is 657 g/mol. The molecule has 0 atom stereocenters. The highest BCUT2D eigenvalue weighted by molar-refractivity contribution is 7.89. The molecule has 1 aromatic heterocycles. The van der Waals surface area contributed by atoms with Gasteiger partial charge in [0.15, 0.2) is 12.1 Å². The van der Waals surface area contributed by atoms with Crippen molar-refractivity contribution in [2.24, 2.45) is 0 Å². The van der Waals surface area contributed by atoms with Gasteiger partial charge in [0.25, 0.3) is 0 Å². The lowest BCUT2D eigenvalue weighted by Crippen LogP contribution is -2.49. The third-order valence-corrected chi connectivity index (χ3v) is 9.75. The number of hydrogen-bond donors (Lipinski definition) is 2. The van der Waals surface area contributed by atoms with Crippen LogP contribution in [0.3, 0.4) is 0 Å². The lowest BCUT2D eigenvalue weighted by Gasteiger charge is -2.41. The van der Waals surface area contributed by atoms with Gasteiger partial charge in [0, 0.05) is 39.9 Å². The van der Waals surface area contributed by atoms with Crippen molar-refractivity contribution < 1.29 is 31.2 Å². The first kappa shape index (κ1) is 34.2. The zero-order chi connectivity index (χ0) is 33.7. The highest BCUT2D eigenvalue weighted by Gasteiger charge is 2.41. The molecule has 1 amide bonds. The molecular formula is C31H34F3N7O4S. The number of anilines is 2. The molecule has 15 heteroatoms. The van der Waals surface area contributed by atoms with Crippen LogP contribution >= 0.6 is 0 Å². The van der Waals surface area contributed by atoms with E-state index in [9.17, 15) is 36.4 Å². The van der Waals surface area contributed by atoms with Crippen LogP contribution in [0.15, 0.2) is 59.6 Å². The van der Waals surface area contributed by atoms with Crippen molar-refractivity contribution in [2.45, 2.75) is 42.3 Å². The van der Waals surface area contributed by atoms with E-state index >= 15 is 0 Å². The molecule has 46 heavy (non-hydrogen) atoms. The summed E-state index contributed by atoms with van der Waals surface area (Å²) >= 11 is 0. The van der Waals surface area contributed by atoms with E-state index in [4.69, 9.17) is 5.10 Å². The van der Waals surface area contributed by atoms with Gasteiger partial charge in [0.1, 0.15) is 0 Å². The Morgan fingerprint density at radius 1 is 1.11 bits per heavy atom. The molecule has 2 N–H and O–H groups in total. The van der Waals surface area contributed by atoms with Crippen molar-refractivity contribution >= 4 is 39.8 Å². The number of carbonyl (C=O) groups is 2. The van der Waals surface area contributed by atoms with Crippen molar-refractivity contribution in [3.05, 3.63) is 77.1 Å². The summed E-state index contributed by atoms with van der Waals surface area (Å²) in [6.45, 7) is 0.522. The topological polar surface area (TPSA) is 140 Å². The first-order valence-corrected chi connectivity index (χ1v) is 15.7. The number of aldehydes is 1. The van der Waals surface area contributed by atoms with Crippen LogP contribution in [0.2, 0.25) is 0 Å². The molecule has 3 aromatic rings. The number of benzene rings is 2. The Labute approximate surface area is 265 Å². The normalized spacial score (nSPS) is 15.1. The predicted molar refractivity (Wildman–Crippen MR) is 165 cm³/mol. The Morgan fingerprint density at radius 2 is 1.74 bits per heavy atom. The largest absolute Gasteiger partial charge is 0.416 e. The van der Waals surface area contributed by atoms with Gasteiger partial charge in [0.2, 0.25) is 15.9 Å². The first-order chi connectivity index (χ1) is 21.8. The number of rotatable bonds is 11. The molecule has 244 valence electrons. The lowest BCUT2D eigenvalue weighted by atomic mass is 9.84. The predicted octanol–water partition coefficient (Wildman–Crippen LogP) is 4.37. The fraction of sp³-hybridized carbons (Fsp3) is 0.355. The third kappa shape index (κ3) is 7.24. The van der Waals surface area contributed by atoms with Crippen molar-refractivity contribution in [1.82, 2.24) is 24.3 Å². The molecule has 1 fully saturated rings. The molecule has 2 aromatic carbocycles. The van der Waals surface area contributed by atoms with Crippen LogP contribution in [-0.2, 0) is 33.0 Å². The first-order valence-electron chi connectivity index (χ1n) is 14.3. The van der Waals surface area contributed by atoms with E-state index in [1.165, 1.54) is 38.4 Å². The minimum atomic E-state index is -4.47. The summed E-state index contributed by atoms with van der Waals surface area (Å²) in [6.07, 6.45) is 0.0847. The molecule has 0 bridgehead atoms. The Balaban J connectivity index is 1.60. The summed E-state index contributed by atoms with van der Waals surface area (Å²) < 4.78 is 66.4. The Hall–Kier alpha value is -4.68. The van der Waals surface area contributed by atoms with Crippen LogP contribution in [0.1, 0.15) is 46.4 Å². The Bertz CT molecular complexity index is 1740. The molecule has 11 nitrogen and oxygen atoms in total. The quantitative estimate of drug-likeness (QED) is 0.290. The molecule has 0 spiro atoms. The van der Waals surface area contributed by atoms with Crippen LogP contribution in [0.5, 0.6) is 0 Å². The molecule has 0 unspecified atom stereocenters. The number of alkyl halides is 3. The number of nitriles is 1. The molecule has 1 saturated heterocycles. The number of hydrogen-bond acceptors (Lipinski definition) is 8. The van der Waals surface area contributed by atoms with E-state index in [0.29, 0.717) is 36.1 Å². The molecule has 2 heterocycles. The summed E-state index contributed by atoms with van der Waals surface area (Å²) in [5.74, 6) is -0.0520. The van der Waals surface area contributed by atoms with Gasteiger partial charge in [-0.25, -0.2) is 12.7 Å². The second-order valence-corrected chi connectivity index (χ2v) is 13.2. The van der Waals surface area contributed by atoms with Gasteiger partial charge in [-0.3, -0.25) is 14.3 Å². The van der Waals surface area contributed by atoms with Gasteiger partial charge in [-0.2, -0.15) is 23.5 Å². The summed E-state index contributed by atoms with van der Waals surface area (Å²) in [7, 11) is 0.908. The molecule has 4 rings (SSSR count). The second kappa shape index (κ2) is 13.8. The average Bonchev–Trinajstić information content (AvgIpc) is 3.37. The Morgan fingerprint density at radius 3 is 2.26 bits per heavy atom. The zero-order valence-electron chi connectivity index (χ0n) is 25.5. The highest BCUT2D eigenvalue weighted by atomic mass is 32.2. The van der Waals surface area contributed by atoms with Gasteiger partial charge < -0.3 is 15.5 Å². The van der Waals surface area contributed by atoms with E-state index in [-0.39, 0.29) is 48.1 Å². The number of likely N-dealkylation sites (tertiary alicyclic amines) is 1. The summed E-state index contributed by atoms with van der Waals surface area (Å²) in [4.78, 5) is 27.2. The fourth-order valence-electron chi connectivity index (χ4n) is 5.27. The molecule has 0 radical (unpaired) electrons. The maximum Gasteiger partial charge on any atom is 0.416 e. The van der Waals surface area contributed by atoms with Crippen LogP contribution in [0.4, 0.5) is 24.7 Å². The number of aromatic nitrogens is 2. The van der Waals surface area contributed by atoms with Gasteiger partial charge in [-0.1, -0.05) is 12.1 Å². The van der Waals surface area contributed by atoms with Crippen LogP contribution < -0.4 is 10.6 Å². The summed E-state index contributed by atoms with van der Waals surface area (Å²) in [6, 6.07) is 12.7. The SMILES string of the molecule is CN/C=C\c1c(C=O)c(Nc2ccc(S(=O)(=O)N(C)C)cc2)nn1C1(CC#N)CCN(C(=O)Cc2ccc(C(F)(F)F)cc2)CC1. The van der Waals surface area contributed by atoms with E-state index in [1.54, 1.807) is 41.0 Å². The smallest absolute Gasteiger partial charge is 0.394 e. The maximum absolute atomic E-state index is 13.1. The second-order valence-electron chi connectivity index (χ2n) is 11.0. The van der Waals surface area contributed by atoms with Crippen LogP contribution in [0, 0.1) is 11.3 Å². The van der Waals surface area contributed by atoms with E-state index in [0.717, 1.165) is 16.4 Å². The molecule has 1 aliphatic rings. The van der Waals surface area contributed by atoms with Crippen molar-refractivity contribution in [2.75, 3.05) is 39.5 Å². The zero-order valence-corrected chi connectivity index (χ0v) is 26.3. The molecule has 0 aliphatic carbocycles. The van der Waals surface area contributed by atoms with E-state index in [1.807, 2.05) is 0 Å². The number of nitrogens with one attached hydrogen (secondary N) is 2. The number of piperidine rings is 1. The lowest BCUT2D eigenvalue weighted by molar-refractivity contribution is -0.137. The summed E-state index contributed by atoms with van der Waals surface area (Å²) in [5, 5.41) is 20.6. The van der Waals surface area contributed by atoms with Gasteiger partial charge >= 0.3 is 6.18 Å². The number of amides is 1. The minimum absolute atomic E-state index is 0.0326. The van der Waals surface area contributed by atoms with Crippen LogP contribution in [0.25, 0.3) is 6.08 Å². The molecular weight excluding hydrogens is 623 g/mol. The van der Waals surface area contributed by atoms with Crippen molar-refractivity contribution in [1.29, 1.82) is 5.26 Å².